The molecule has 1 aromatic rings. The Balaban J connectivity index is 1.15. The van der Waals surface area contributed by atoms with Gasteiger partial charge in [0, 0.05) is 61.6 Å². The van der Waals surface area contributed by atoms with Crippen molar-refractivity contribution in [1.29, 1.82) is 0 Å². The van der Waals surface area contributed by atoms with E-state index in [1.807, 2.05) is 0 Å². The van der Waals surface area contributed by atoms with Crippen LogP contribution in [-0.2, 0) is 14.3 Å². The van der Waals surface area contributed by atoms with Gasteiger partial charge in [0.2, 0.25) is 0 Å². The van der Waals surface area contributed by atoms with Crippen LogP contribution in [0, 0.1) is 5.92 Å². The first-order valence-electron chi connectivity index (χ1n) is 15.5. The topological polar surface area (TPSA) is 90.9 Å². The Labute approximate surface area is 245 Å². The fraction of sp³-hybridized carbons (Fsp3) is 0.733. The van der Waals surface area contributed by atoms with Gasteiger partial charge in [-0.25, -0.2) is 4.39 Å². The summed E-state index contributed by atoms with van der Waals surface area (Å²) in [5.41, 5.74) is 1.08. The van der Waals surface area contributed by atoms with Crippen molar-refractivity contribution in [2.45, 2.75) is 92.7 Å². The molecule has 9 unspecified atom stereocenters. The molecule has 9 nitrogen and oxygen atoms in total. The Morgan fingerprint density at radius 2 is 1.98 bits per heavy atom. The maximum absolute atomic E-state index is 16.3. The predicted molar refractivity (Wildman–Crippen MR) is 151 cm³/mol. The van der Waals surface area contributed by atoms with Crippen molar-refractivity contribution in [1.82, 2.24) is 30.0 Å². The zero-order valence-corrected chi connectivity index (χ0v) is 24.2. The van der Waals surface area contributed by atoms with Gasteiger partial charge in [0.1, 0.15) is 6.17 Å². The van der Waals surface area contributed by atoms with Gasteiger partial charge >= 0.3 is 0 Å². The first kappa shape index (κ1) is 27.7. The number of nitrogens with one attached hydrogen (secondary N) is 1. The lowest BCUT2D eigenvalue weighted by Gasteiger charge is -2.60. The number of likely N-dealkylation sites (tertiary alicyclic amines) is 2. The van der Waals surface area contributed by atoms with E-state index >= 15 is 4.39 Å². The van der Waals surface area contributed by atoms with Crippen LogP contribution in [0.1, 0.15) is 56.6 Å². The summed E-state index contributed by atoms with van der Waals surface area (Å²) in [4.78, 5) is 42.7. The van der Waals surface area contributed by atoms with Gasteiger partial charge in [-0.05, 0) is 64.6 Å². The van der Waals surface area contributed by atoms with Crippen LogP contribution >= 0.6 is 11.6 Å². The molecule has 0 bridgehead atoms. The average Bonchev–Trinajstić information content (AvgIpc) is 3.68. The molecule has 1 amide bonds. The highest BCUT2D eigenvalue weighted by atomic mass is 35.5. The summed E-state index contributed by atoms with van der Waals surface area (Å²) in [6.45, 7) is 4.80. The van der Waals surface area contributed by atoms with Crippen molar-refractivity contribution in [2.24, 2.45) is 5.92 Å². The van der Waals surface area contributed by atoms with Gasteiger partial charge in [-0.3, -0.25) is 24.5 Å². The largest absolute Gasteiger partial charge is 0.369 e. The lowest BCUT2D eigenvalue weighted by molar-refractivity contribution is -0.209. The molecule has 7 rings (SSSR count). The summed E-state index contributed by atoms with van der Waals surface area (Å²) in [5.74, 6) is -1.04. The van der Waals surface area contributed by atoms with Crippen LogP contribution in [0.2, 0.25) is 0 Å². The lowest BCUT2D eigenvalue weighted by atomic mass is 9.69. The first-order valence-corrected chi connectivity index (χ1v) is 15.9. The highest BCUT2D eigenvalue weighted by Crippen LogP contribution is 2.48. The van der Waals surface area contributed by atoms with Crippen LogP contribution in [0.25, 0.3) is 0 Å². The summed E-state index contributed by atoms with van der Waals surface area (Å²) >= 11 is 6.64. The van der Waals surface area contributed by atoms with Crippen LogP contribution < -0.4 is 5.32 Å². The Kier molecular flexibility index (Phi) is 7.77. The number of amides is 1. The molecule has 0 radical (unpaired) electrons. The van der Waals surface area contributed by atoms with E-state index in [-0.39, 0.29) is 53.2 Å². The highest BCUT2D eigenvalue weighted by Gasteiger charge is 2.60. The molecule has 1 N–H and O–H groups in total. The van der Waals surface area contributed by atoms with Gasteiger partial charge in [0.25, 0.3) is 5.91 Å². The summed E-state index contributed by atoms with van der Waals surface area (Å²) in [7, 11) is 0. The number of Topliss-reactive ketones (excluding diaryl/α,β-unsaturated/α-hetero) is 1. The zero-order valence-electron chi connectivity index (χ0n) is 23.4. The number of ketones is 1. The van der Waals surface area contributed by atoms with Gasteiger partial charge in [-0.15, -0.1) is 11.6 Å². The third-order valence-electron chi connectivity index (χ3n) is 10.4. The van der Waals surface area contributed by atoms with Crippen molar-refractivity contribution in [2.75, 3.05) is 39.3 Å². The maximum Gasteiger partial charge on any atom is 0.256 e. The van der Waals surface area contributed by atoms with E-state index in [1.165, 1.54) is 12.8 Å². The van der Waals surface area contributed by atoms with E-state index in [4.69, 9.17) is 16.3 Å². The monoisotopic (exact) mass is 586 g/mol. The predicted octanol–water partition coefficient (Wildman–Crippen LogP) is 2.27. The van der Waals surface area contributed by atoms with Crippen molar-refractivity contribution in [3.05, 3.63) is 36.1 Å². The van der Waals surface area contributed by atoms with Crippen molar-refractivity contribution >= 4 is 23.3 Å². The first-order chi connectivity index (χ1) is 20.0. The van der Waals surface area contributed by atoms with Crippen molar-refractivity contribution < 1.29 is 18.7 Å². The molecule has 2 aliphatic carbocycles. The molecule has 9 atom stereocenters. The van der Waals surface area contributed by atoms with E-state index in [2.05, 4.69) is 30.0 Å². The van der Waals surface area contributed by atoms with Gasteiger partial charge < -0.3 is 19.9 Å². The van der Waals surface area contributed by atoms with Crippen molar-refractivity contribution in [3.63, 3.8) is 0 Å². The fourth-order valence-corrected chi connectivity index (χ4v) is 8.68. The molecule has 1 aromatic heterocycles. The molecule has 0 spiro atoms. The minimum atomic E-state index is -1.23. The molecule has 11 heteroatoms. The molecule has 5 heterocycles. The molecule has 6 aliphatic rings. The number of halogens is 2. The fourth-order valence-electron chi connectivity index (χ4n) is 8.37. The molecular weight excluding hydrogens is 547 g/mol. The number of alkyl halides is 2. The average molecular weight is 587 g/mol. The third-order valence-corrected chi connectivity index (χ3v) is 10.8. The minimum absolute atomic E-state index is 0.0123. The van der Waals surface area contributed by atoms with Crippen LogP contribution in [-0.4, -0.2) is 118 Å². The third kappa shape index (κ3) is 5.19. The van der Waals surface area contributed by atoms with Crippen LogP contribution in [0.5, 0.6) is 0 Å². The normalized spacial score (nSPS) is 39.3. The smallest absolute Gasteiger partial charge is 0.256 e. The Hall–Kier alpha value is -2.14. The second-order valence-electron chi connectivity index (χ2n) is 12.7. The molecule has 2 saturated carbocycles. The molecule has 222 valence electrons. The molecule has 41 heavy (non-hydrogen) atoms. The SMILES string of the molecule is O=C(NCCN1CCCC1)C1=CN2C3CC(Cl)CCC3OC3C(N4CCC(c5cnccn5)C4)C(F)CC(C1=O)C32. The van der Waals surface area contributed by atoms with E-state index in [0.717, 1.165) is 57.6 Å². The van der Waals surface area contributed by atoms with E-state index in [9.17, 15) is 9.59 Å². The Morgan fingerprint density at radius 1 is 1.12 bits per heavy atom. The Morgan fingerprint density at radius 3 is 2.78 bits per heavy atom. The van der Waals surface area contributed by atoms with E-state index < -0.39 is 24.2 Å². The number of hydrogen-bond acceptors (Lipinski definition) is 8. The second-order valence-corrected chi connectivity index (χ2v) is 13.3. The highest BCUT2D eigenvalue weighted by molar-refractivity contribution is 6.21. The van der Waals surface area contributed by atoms with E-state index in [1.54, 1.807) is 24.8 Å². The Bertz CT molecular complexity index is 1170. The zero-order chi connectivity index (χ0) is 28.1. The minimum Gasteiger partial charge on any atom is -0.369 e. The molecule has 3 saturated heterocycles. The van der Waals surface area contributed by atoms with Crippen LogP contribution in [0.15, 0.2) is 30.4 Å². The number of fused-ring (bicyclic) bond motifs is 2. The molecule has 5 fully saturated rings. The van der Waals surface area contributed by atoms with Crippen LogP contribution in [0.4, 0.5) is 4.39 Å². The van der Waals surface area contributed by atoms with E-state index in [0.29, 0.717) is 13.1 Å². The summed E-state index contributed by atoms with van der Waals surface area (Å²) < 4.78 is 23.1. The second kappa shape index (κ2) is 11.5. The van der Waals surface area contributed by atoms with Crippen molar-refractivity contribution in [3.8, 4) is 0 Å². The maximum atomic E-state index is 16.3. The molecular formula is C30H40ClFN6O3. The number of hydrogen-bond donors (Lipinski definition) is 1. The quantitative estimate of drug-likeness (QED) is 0.401. The summed E-state index contributed by atoms with van der Waals surface area (Å²) in [6, 6.07) is -0.787. The summed E-state index contributed by atoms with van der Waals surface area (Å²) in [6.07, 6.45) is 10.8. The molecule has 4 aliphatic heterocycles. The standard InChI is InChI=1S/C30H40ClFN6O3/c31-19-3-4-25-24(13-19)38-17-21(30(40)35-8-12-36-9-1-2-10-36)28(39)20-14-22(32)27(29(41-25)26(20)38)37-11-5-18(16-37)23-15-33-6-7-34-23/h6-7,15,17-20,22,24-27,29H,1-5,8-14,16H2,(H,35,40). The number of ether oxygens (including phenoxy) is 1. The van der Waals surface area contributed by atoms with Crippen LogP contribution in [0.3, 0.4) is 0 Å². The molecule has 0 aromatic carbocycles. The van der Waals surface area contributed by atoms with Gasteiger partial charge in [-0.2, -0.15) is 0 Å². The number of rotatable bonds is 6. The van der Waals surface area contributed by atoms with Gasteiger partial charge in [-0.1, -0.05) is 0 Å². The lowest BCUT2D eigenvalue weighted by Crippen LogP contribution is -2.73. The number of nitrogens with zero attached hydrogens (tertiary/aromatic N) is 5. The van der Waals surface area contributed by atoms with Gasteiger partial charge in [0.15, 0.2) is 5.78 Å². The number of morpholine rings is 1. The van der Waals surface area contributed by atoms with Gasteiger partial charge in [0.05, 0.1) is 41.6 Å². The number of carbonyl (C=O) groups excluding carboxylic acids is 2. The number of carbonyl (C=O) groups is 2. The summed E-state index contributed by atoms with van der Waals surface area (Å²) in [5, 5.41) is 2.99. The number of aromatic nitrogens is 2.